The summed E-state index contributed by atoms with van der Waals surface area (Å²) < 4.78 is 0. The van der Waals surface area contributed by atoms with Gasteiger partial charge in [0.15, 0.2) is 0 Å². The lowest BCUT2D eigenvalue weighted by molar-refractivity contribution is -0.130. The van der Waals surface area contributed by atoms with Crippen molar-refractivity contribution in [1.29, 1.82) is 0 Å². The zero-order chi connectivity index (χ0) is 14.6. The number of nitrogens with zero attached hydrogens (tertiary/aromatic N) is 1. The molecule has 19 heavy (non-hydrogen) atoms. The lowest BCUT2D eigenvalue weighted by atomic mass is 9.76. The third kappa shape index (κ3) is 4.79. The second kappa shape index (κ2) is 6.74. The highest BCUT2D eigenvalue weighted by molar-refractivity contribution is 5.76. The van der Waals surface area contributed by atoms with Crippen LogP contribution >= 0.6 is 0 Å². The fourth-order valence-electron chi connectivity index (χ4n) is 3.00. The van der Waals surface area contributed by atoms with Gasteiger partial charge in [0.1, 0.15) is 0 Å². The second-order valence-corrected chi connectivity index (χ2v) is 7.43. The molecule has 0 radical (unpaired) electrons. The van der Waals surface area contributed by atoms with Crippen molar-refractivity contribution >= 4 is 5.91 Å². The zero-order valence-electron chi connectivity index (χ0n) is 13.4. The van der Waals surface area contributed by atoms with Crippen LogP contribution < -0.4 is 5.73 Å². The molecule has 0 spiro atoms. The smallest absolute Gasteiger partial charge is 0.222 e. The number of hydrogen-bond acceptors (Lipinski definition) is 2. The maximum Gasteiger partial charge on any atom is 0.222 e. The van der Waals surface area contributed by atoms with Gasteiger partial charge in [-0.3, -0.25) is 4.79 Å². The van der Waals surface area contributed by atoms with Crippen LogP contribution in [0.1, 0.15) is 53.9 Å². The number of hydrogen-bond donors (Lipinski definition) is 1. The number of carbonyl (C=O) groups is 1. The van der Waals surface area contributed by atoms with Gasteiger partial charge in [0.2, 0.25) is 5.91 Å². The van der Waals surface area contributed by atoms with Gasteiger partial charge in [-0.2, -0.15) is 0 Å². The average molecular weight is 268 g/mol. The van der Waals surface area contributed by atoms with Crippen LogP contribution in [0.2, 0.25) is 0 Å². The van der Waals surface area contributed by atoms with E-state index >= 15 is 0 Å². The Kier molecular flexibility index (Phi) is 5.84. The Hall–Kier alpha value is -0.570. The number of nitrogens with two attached hydrogens (primary N) is 1. The number of likely N-dealkylation sites (tertiary alicyclic amines) is 1. The minimum atomic E-state index is 0.241. The molecule has 0 aromatic rings. The van der Waals surface area contributed by atoms with E-state index in [1.165, 1.54) is 0 Å². The van der Waals surface area contributed by atoms with Crippen molar-refractivity contribution in [2.75, 3.05) is 19.6 Å². The maximum atomic E-state index is 12.3. The Labute approximate surface area is 118 Å². The van der Waals surface area contributed by atoms with Crippen LogP contribution in [0.15, 0.2) is 0 Å². The summed E-state index contributed by atoms with van der Waals surface area (Å²) in [6.07, 6.45) is 2.67. The highest BCUT2D eigenvalue weighted by atomic mass is 16.2. The molecule has 1 aliphatic heterocycles. The first-order chi connectivity index (χ1) is 8.75. The third-order valence-electron chi connectivity index (χ3n) is 4.79. The number of carbonyl (C=O) groups excluding carboxylic acids is 1. The topological polar surface area (TPSA) is 46.3 Å². The van der Waals surface area contributed by atoms with Gasteiger partial charge >= 0.3 is 0 Å². The van der Waals surface area contributed by atoms with Crippen LogP contribution in [0.4, 0.5) is 0 Å². The molecule has 0 saturated carbocycles. The fourth-order valence-corrected chi connectivity index (χ4v) is 3.00. The van der Waals surface area contributed by atoms with Gasteiger partial charge in [-0.05, 0) is 42.6 Å². The molecule has 1 saturated heterocycles. The van der Waals surface area contributed by atoms with E-state index in [4.69, 9.17) is 5.73 Å². The van der Waals surface area contributed by atoms with Gasteiger partial charge in [0, 0.05) is 19.5 Å². The minimum absolute atomic E-state index is 0.241. The molecule has 0 bridgehead atoms. The quantitative estimate of drug-likeness (QED) is 0.833. The van der Waals surface area contributed by atoms with E-state index < -0.39 is 0 Å². The van der Waals surface area contributed by atoms with Crippen molar-refractivity contribution in [2.24, 2.45) is 28.9 Å². The summed E-state index contributed by atoms with van der Waals surface area (Å²) in [7, 11) is 0. The SMILES string of the molecule is CC1CN(C(=O)CCC(CCN)C(C)(C)C)CC1C. The average Bonchev–Trinajstić information content (AvgIpc) is 2.63. The molecule has 0 aromatic carbocycles. The van der Waals surface area contributed by atoms with E-state index in [1.807, 2.05) is 0 Å². The predicted molar refractivity (Wildman–Crippen MR) is 80.8 cm³/mol. The number of rotatable bonds is 5. The van der Waals surface area contributed by atoms with Crippen LogP contribution in [-0.2, 0) is 4.79 Å². The number of amides is 1. The third-order valence-corrected chi connectivity index (χ3v) is 4.79. The molecule has 3 nitrogen and oxygen atoms in total. The van der Waals surface area contributed by atoms with E-state index in [-0.39, 0.29) is 5.41 Å². The van der Waals surface area contributed by atoms with Crippen LogP contribution in [0.3, 0.4) is 0 Å². The Bertz CT molecular complexity index is 286. The van der Waals surface area contributed by atoms with Crippen LogP contribution in [0, 0.1) is 23.2 Å². The molecule has 3 unspecified atom stereocenters. The molecule has 0 aromatic heterocycles. The van der Waals surface area contributed by atoms with E-state index in [9.17, 15) is 4.79 Å². The Morgan fingerprint density at radius 2 is 1.74 bits per heavy atom. The van der Waals surface area contributed by atoms with E-state index in [0.717, 1.165) is 25.9 Å². The molecular weight excluding hydrogens is 236 g/mol. The van der Waals surface area contributed by atoms with Crippen LogP contribution in [0.5, 0.6) is 0 Å². The molecule has 112 valence electrons. The first kappa shape index (κ1) is 16.5. The molecule has 3 atom stereocenters. The van der Waals surface area contributed by atoms with Crippen molar-refractivity contribution in [1.82, 2.24) is 4.90 Å². The van der Waals surface area contributed by atoms with Gasteiger partial charge in [-0.15, -0.1) is 0 Å². The summed E-state index contributed by atoms with van der Waals surface area (Å²) in [4.78, 5) is 14.3. The second-order valence-electron chi connectivity index (χ2n) is 7.43. The van der Waals surface area contributed by atoms with Gasteiger partial charge in [0.05, 0.1) is 0 Å². The van der Waals surface area contributed by atoms with Gasteiger partial charge in [-0.25, -0.2) is 0 Å². The Balaban J connectivity index is 2.44. The highest BCUT2D eigenvalue weighted by Gasteiger charge is 2.30. The van der Waals surface area contributed by atoms with Crippen LogP contribution in [0.25, 0.3) is 0 Å². The summed E-state index contributed by atoms with van der Waals surface area (Å²) in [5.41, 5.74) is 5.94. The molecule has 1 amide bonds. The largest absolute Gasteiger partial charge is 0.342 e. The fraction of sp³-hybridized carbons (Fsp3) is 0.938. The Morgan fingerprint density at radius 1 is 1.21 bits per heavy atom. The van der Waals surface area contributed by atoms with Gasteiger partial charge in [0.25, 0.3) is 0 Å². The summed E-state index contributed by atoms with van der Waals surface area (Å²) in [6.45, 7) is 13.8. The lowest BCUT2D eigenvalue weighted by Gasteiger charge is -2.31. The zero-order valence-corrected chi connectivity index (χ0v) is 13.4. The molecule has 1 heterocycles. The Morgan fingerprint density at radius 3 is 2.16 bits per heavy atom. The standard InChI is InChI=1S/C16H32N2O/c1-12-10-18(11-13(12)2)15(19)7-6-14(8-9-17)16(3,4)5/h12-14H,6-11,17H2,1-5H3. The van der Waals surface area contributed by atoms with Crippen molar-refractivity contribution in [3.8, 4) is 0 Å². The highest BCUT2D eigenvalue weighted by Crippen LogP contribution is 2.32. The summed E-state index contributed by atoms with van der Waals surface area (Å²) in [5, 5.41) is 0. The van der Waals surface area contributed by atoms with Crippen LogP contribution in [-0.4, -0.2) is 30.4 Å². The van der Waals surface area contributed by atoms with Crippen molar-refractivity contribution in [3.05, 3.63) is 0 Å². The minimum Gasteiger partial charge on any atom is -0.342 e. The van der Waals surface area contributed by atoms with Crippen molar-refractivity contribution < 1.29 is 4.79 Å². The summed E-state index contributed by atoms with van der Waals surface area (Å²) in [5.74, 6) is 2.17. The van der Waals surface area contributed by atoms with E-state index in [0.29, 0.717) is 36.6 Å². The van der Waals surface area contributed by atoms with Crippen molar-refractivity contribution in [2.45, 2.75) is 53.9 Å². The molecule has 1 fully saturated rings. The molecule has 2 N–H and O–H groups in total. The van der Waals surface area contributed by atoms with E-state index in [1.54, 1.807) is 0 Å². The van der Waals surface area contributed by atoms with E-state index in [2.05, 4.69) is 39.5 Å². The first-order valence-corrected chi connectivity index (χ1v) is 7.73. The molecule has 0 aliphatic carbocycles. The first-order valence-electron chi connectivity index (χ1n) is 7.73. The molecule has 3 heteroatoms. The van der Waals surface area contributed by atoms with Crippen molar-refractivity contribution in [3.63, 3.8) is 0 Å². The molecule has 1 aliphatic rings. The van der Waals surface area contributed by atoms with Gasteiger partial charge < -0.3 is 10.6 Å². The summed E-state index contributed by atoms with van der Waals surface area (Å²) in [6, 6.07) is 0. The maximum absolute atomic E-state index is 12.3. The molecule has 1 rings (SSSR count). The predicted octanol–water partition coefficient (Wildman–Crippen LogP) is 2.89. The summed E-state index contributed by atoms with van der Waals surface area (Å²) >= 11 is 0. The normalized spacial score (nSPS) is 25.7. The van der Waals surface area contributed by atoms with Gasteiger partial charge in [-0.1, -0.05) is 34.6 Å². The monoisotopic (exact) mass is 268 g/mol. The molecular formula is C16H32N2O. The lowest BCUT2D eigenvalue weighted by Crippen LogP contribution is -2.31.